The maximum Gasteiger partial charge on any atom is 0.306 e. The van der Waals surface area contributed by atoms with Crippen LogP contribution in [0.25, 0.3) is 0 Å². The average molecular weight is 246 g/mol. The Morgan fingerprint density at radius 2 is 2.12 bits per heavy atom. The van der Waals surface area contributed by atoms with Crippen LogP contribution in [-0.2, 0) is 18.6 Å². The zero-order valence-electron chi connectivity index (χ0n) is 9.90. The van der Waals surface area contributed by atoms with Crippen LogP contribution in [0.15, 0.2) is 0 Å². The molecule has 1 unspecified atom stereocenters. The first-order valence-corrected chi connectivity index (χ1v) is 7.39. The Labute approximate surface area is 97.2 Å². The minimum absolute atomic E-state index is 0.00423. The Morgan fingerprint density at radius 1 is 1.44 bits per heavy atom. The molecule has 0 aliphatic rings. The molecule has 0 radical (unpaired) electrons. The van der Waals surface area contributed by atoms with Crippen LogP contribution in [0.1, 0.15) is 26.7 Å². The van der Waals surface area contributed by atoms with Gasteiger partial charge in [0.2, 0.25) is 7.37 Å². The summed E-state index contributed by atoms with van der Waals surface area (Å²) in [5.74, 6) is 1.86. The zero-order chi connectivity index (χ0) is 12.4. The molecule has 0 aromatic heterocycles. The fraction of sp³-hybridized carbons (Fsp3) is 0.727. The van der Waals surface area contributed by atoms with Crippen molar-refractivity contribution < 1.29 is 18.6 Å². The highest BCUT2D eigenvalue weighted by atomic mass is 31.2. The van der Waals surface area contributed by atoms with Gasteiger partial charge in [-0.25, -0.2) is 0 Å². The summed E-state index contributed by atoms with van der Waals surface area (Å²) in [6.07, 6.45) is 6.61. The number of carbonyl (C=O) groups excluding carboxylic acids is 1. The van der Waals surface area contributed by atoms with Crippen molar-refractivity contribution in [3.63, 3.8) is 0 Å². The monoisotopic (exact) mass is 246 g/mol. The molecule has 0 fully saturated rings. The molecule has 0 saturated heterocycles. The van der Waals surface area contributed by atoms with Crippen molar-refractivity contribution in [3.05, 3.63) is 0 Å². The lowest BCUT2D eigenvalue weighted by molar-refractivity contribution is -0.142. The summed E-state index contributed by atoms with van der Waals surface area (Å²) in [4.78, 5) is 11.1. The molecular formula is C11H19O4P. The minimum Gasteiger partial charge on any atom is -0.452 e. The van der Waals surface area contributed by atoms with Crippen LogP contribution < -0.4 is 0 Å². The van der Waals surface area contributed by atoms with Crippen molar-refractivity contribution in [3.8, 4) is 12.3 Å². The first-order valence-electron chi connectivity index (χ1n) is 5.39. The zero-order valence-corrected chi connectivity index (χ0v) is 10.8. The van der Waals surface area contributed by atoms with E-state index in [2.05, 4.69) is 5.92 Å². The van der Waals surface area contributed by atoms with E-state index >= 15 is 0 Å². The molecule has 92 valence electrons. The number of terminal acetylenes is 1. The standard InChI is InChI=1S/C11H19O4P/c1-4-9-14-11(12)8-7-10-16(13,6-3)15-5-2/h1H,5-10H2,2-3H3. The van der Waals surface area contributed by atoms with Gasteiger partial charge in [-0.1, -0.05) is 12.8 Å². The normalized spacial score (nSPS) is 13.8. The fourth-order valence-corrected chi connectivity index (χ4v) is 2.95. The van der Waals surface area contributed by atoms with E-state index in [0.717, 1.165) is 0 Å². The third kappa shape index (κ3) is 6.66. The molecule has 16 heavy (non-hydrogen) atoms. The molecule has 0 aliphatic carbocycles. The lowest BCUT2D eigenvalue weighted by Crippen LogP contribution is -2.06. The van der Waals surface area contributed by atoms with Crippen LogP contribution in [0, 0.1) is 12.3 Å². The van der Waals surface area contributed by atoms with Gasteiger partial charge in [0.05, 0.1) is 6.61 Å². The lowest BCUT2D eigenvalue weighted by atomic mass is 10.3. The van der Waals surface area contributed by atoms with Gasteiger partial charge in [0, 0.05) is 18.7 Å². The van der Waals surface area contributed by atoms with E-state index in [1.165, 1.54) is 0 Å². The Balaban J connectivity index is 3.83. The summed E-state index contributed by atoms with van der Waals surface area (Å²) < 4.78 is 21.9. The number of rotatable bonds is 8. The molecular weight excluding hydrogens is 227 g/mol. The maximum absolute atomic E-state index is 12.0. The van der Waals surface area contributed by atoms with Gasteiger partial charge >= 0.3 is 5.97 Å². The number of hydrogen-bond acceptors (Lipinski definition) is 4. The second kappa shape index (κ2) is 8.38. The molecule has 0 bridgehead atoms. The van der Waals surface area contributed by atoms with Crippen molar-refractivity contribution in [1.82, 2.24) is 0 Å². The number of ether oxygens (including phenoxy) is 1. The first kappa shape index (κ1) is 15.2. The highest BCUT2D eigenvalue weighted by molar-refractivity contribution is 7.58. The van der Waals surface area contributed by atoms with Gasteiger partial charge in [-0.05, 0) is 13.3 Å². The maximum atomic E-state index is 12.0. The largest absolute Gasteiger partial charge is 0.452 e. The Morgan fingerprint density at radius 3 is 2.62 bits per heavy atom. The molecule has 0 rings (SSSR count). The van der Waals surface area contributed by atoms with E-state index in [9.17, 15) is 9.36 Å². The van der Waals surface area contributed by atoms with Crippen LogP contribution >= 0.6 is 7.37 Å². The summed E-state index contributed by atoms with van der Waals surface area (Å²) in [6, 6.07) is 0. The molecule has 4 nitrogen and oxygen atoms in total. The van der Waals surface area contributed by atoms with E-state index in [1.807, 2.05) is 13.8 Å². The van der Waals surface area contributed by atoms with E-state index in [1.54, 1.807) is 0 Å². The second-order valence-corrected chi connectivity index (χ2v) is 6.21. The Hall–Kier alpha value is -0.780. The predicted molar refractivity (Wildman–Crippen MR) is 63.7 cm³/mol. The summed E-state index contributed by atoms with van der Waals surface area (Å²) in [7, 11) is -2.53. The molecule has 5 heteroatoms. The Bertz CT molecular complexity index is 293. The predicted octanol–water partition coefficient (Wildman–Crippen LogP) is 2.28. The van der Waals surface area contributed by atoms with Crippen molar-refractivity contribution in [2.24, 2.45) is 0 Å². The second-order valence-electron chi connectivity index (χ2n) is 3.24. The van der Waals surface area contributed by atoms with Crippen LogP contribution in [0.4, 0.5) is 0 Å². The first-order chi connectivity index (χ1) is 7.58. The van der Waals surface area contributed by atoms with Gasteiger partial charge in [0.15, 0.2) is 6.61 Å². The molecule has 0 heterocycles. The molecule has 1 atom stereocenters. The van der Waals surface area contributed by atoms with Gasteiger partial charge in [0.25, 0.3) is 0 Å². The third-order valence-corrected chi connectivity index (χ3v) is 4.73. The highest BCUT2D eigenvalue weighted by Gasteiger charge is 2.19. The smallest absolute Gasteiger partial charge is 0.306 e. The van der Waals surface area contributed by atoms with Crippen molar-refractivity contribution in [2.75, 3.05) is 25.5 Å². The van der Waals surface area contributed by atoms with Crippen molar-refractivity contribution >= 4 is 13.3 Å². The number of esters is 1. The third-order valence-electron chi connectivity index (χ3n) is 2.04. The van der Waals surface area contributed by atoms with Gasteiger partial charge in [0.1, 0.15) is 0 Å². The molecule has 0 aliphatic heterocycles. The molecule has 0 N–H and O–H groups in total. The summed E-state index contributed by atoms with van der Waals surface area (Å²) in [5.41, 5.74) is 0. The topological polar surface area (TPSA) is 52.6 Å². The average Bonchev–Trinajstić information content (AvgIpc) is 2.26. The van der Waals surface area contributed by atoms with E-state index in [0.29, 0.717) is 25.4 Å². The van der Waals surface area contributed by atoms with Crippen molar-refractivity contribution in [1.29, 1.82) is 0 Å². The minimum atomic E-state index is -2.53. The molecule has 0 aromatic rings. The van der Waals surface area contributed by atoms with Crippen LogP contribution in [0.2, 0.25) is 0 Å². The molecule has 0 spiro atoms. The van der Waals surface area contributed by atoms with Gasteiger partial charge in [-0.3, -0.25) is 9.36 Å². The van der Waals surface area contributed by atoms with Crippen LogP contribution in [0.3, 0.4) is 0 Å². The SMILES string of the molecule is C#CCOC(=O)CCCP(=O)(CC)OCC. The van der Waals surface area contributed by atoms with Gasteiger partial charge in [-0.15, -0.1) is 6.42 Å². The summed E-state index contributed by atoms with van der Waals surface area (Å²) in [5, 5.41) is 0. The van der Waals surface area contributed by atoms with Gasteiger partial charge in [-0.2, -0.15) is 0 Å². The van der Waals surface area contributed by atoms with E-state index in [-0.39, 0.29) is 19.0 Å². The molecule has 0 aromatic carbocycles. The quantitative estimate of drug-likeness (QED) is 0.374. The lowest BCUT2D eigenvalue weighted by Gasteiger charge is -2.15. The summed E-state index contributed by atoms with van der Waals surface area (Å²) >= 11 is 0. The van der Waals surface area contributed by atoms with Crippen LogP contribution in [0.5, 0.6) is 0 Å². The number of hydrogen-bond donors (Lipinski definition) is 0. The molecule has 0 amide bonds. The van der Waals surface area contributed by atoms with Crippen molar-refractivity contribution in [2.45, 2.75) is 26.7 Å². The fourth-order valence-electron chi connectivity index (χ4n) is 1.21. The molecule has 0 saturated carbocycles. The van der Waals surface area contributed by atoms with Gasteiger partial charge < -0.3 is 9.26 Å². The van der Waals surface area contributed by atoms with E-state index < -0.39 is 7.37 Å². The van der Waals surface area contributed by atoms with Crippen LogP contribution in [-0.4, -0.2) is 31.5 Å². The van der Waals surface area contributed by atoms with E-state index in [4.69, 9.17) is 15.7 Å². The Kier molecular flexibility index (Phi) is 7.97. The summed E-state index contributed by atoms with van der Waals surface area (Å²) in [6.45, 7) is 4.07. The number of carbonyl (C=O) groups is 1. The highest BCUT2D eigenvalue weighted by Crippen LogP contribution is 2.46.